The highest BCUT2D eigenvalue weighted by atomic mass is 15.3. The number of benzene rings is 7. The Hall–Kier alpha value is -6.72. The van der Waals surface area contributed by atoms with E-state index in [0.717, 1.165) is 66.4 Å². The van der Waals surface area contributed by atoms with Gasteiger partial charge in [-0.25, -0.2) is 19.6 Å². The zero-order chi connectivity index (χ0) is 32.6. The van der Waals surface area contributed by atoms with Gasteiger partial charge in [-0.2, -0.15) is 5.10 Å². The lowest BCUT2D eigenvalue weighted by atomic mass is 9.92. The molecule has 7 aromatic carbocycles. The largest absolute Gasteiger partial charge is 0.232 e. The molecule has 5 heteroatoms. The van der Waals surface area contributed by atoms with E-state index in [1.54, 1.807) is 0 Å². The Morgan fingerprint density at radius 3 is 1.43 bits per heavy atom. The average molecular weight is 628 g/mol. The average Bonchev–Trinajstić information content (AvgIpc) is 3.60. The lowest BCUT2D eigenvalue weighted by Crippen LogP contribution is -2.02. The van der Waals surface area contributed by atoms with Crippen LogP contribution in [0.2, 0.25) is 0 Å². The first-order valence-corrected chi connectivity index (χ1v) is 16.3. The quantitative estimate of drug-likeness (QED) is 0.184. The predicted octanol–water partition coefficient (Wildman–Crippen LogP) is 10.7. The molecule has 0 saturated carbocycles. The summed E-state index contributed by atoms with van der Waals surface area (Å²) in [4.78, 5) is 15.3. The SMILES string of the molecule is c1ccc(-c2nc(-c3ccccc3)nc(-c3cccc4cc(-c5ccccc5)c5c(-c6ccccc6)nn(-c6ccccc6)c5c34)n2)cc1. The van der Waals surface area contributed by atoms with Crippen LogP contribution in [0.15, 0.2) is 176 Å². The van der Waals surface area contributed by atoms with Crippen LogP contribution in [-0.2, 0) is 0 Å². The van der Waals surface area contributed by atoms with E-state index < -0.39 is 0 Å². The maximum absolute atomic E-state index is 5.39. The van der Waals surface area contributed by atoms with E-state index >= 15 is 0 Å². The maximum Gasteiger partial charge on any atom is 0.164 e. The Morgan fingerprint density at radius 2 is 0.857 bits per heavy atom. The molecule has 0 unspecified atom stereocenters. The minimum Gasteiger partial charge on any atom is -0.232 e. The smallest absolute Gasteiger partial charge is 0.164 e. The van der Waals surface area contributed by atoms with E-state index in [1.165, 1.54) is 0 Å². The van der Waals surface area contributed by atoms with E-state index in [2.05, 4.69) is 108 Å². The maximum atomic E-state index is 5.39. The summed E-state index contributed by atoms with van der Waals surface area (Å²) in [5.41, 5.74) is 8.96. The van der Waals surface area contributed by atoms with Crippen molar-refractivity contribution in [2.45, 2.75) is 0 Å². The fourth-order valence-corrected chi connectivity index (χ4v) is 6.60. The molecule has 0 aliphatic heterocycles. The molecule has 0 aliphatic rings. The first kappa shape index (κ1) is 28.5. The summed E-state index contributed by atoms with van der Waals surface area (Å²) < 4.78 is 2.09. The first-order valence-electron chi connectivity index (χ1n) is 16.3. The number of nitrogens with zero attached hydrogens (tertiary/aromatic N) is 5. The van der Waals surface area contributed by atoms with Crippen molar-refractivity contribution in [2.24, 2.45) is 0 Å². The summed E-state index contributed by atoms with van der Waals surface area (Å²) in [6.07, 6.45) is 0. The Balaban J connectivity index is 1.43. The van der Waals surface area contributed by atoms with E-state index in [0.29, 0.717) is 17.5 Å². The standard InChI is InChI=1S/C44H29N5/c1-6-17-30(18-7-1)37-29-34-25-16-28-36(44-46-42(32-21-10-3-11-22-32)45-43(47-44)33-23-12-4-13-24-33)38(34)41-39(37)40(31-19-8-2-9-20-31)48-49(41)35-26-14-5-15-27-35/h1-29H. The van der Waals surface area contributed by atoms with Crippen LogP contribution in [0, 0.1) is 0 Å². The molecule has 9 rings (SSSR count). The Kier molecular flexibility index (Phi) is 7.06. The second-order valence-electron chi connectivity index (χ2n) is 11.9. The molecule has 0 atom stereocenters. The van der Waals surface area contributed by atoms with Gasteiger partial charge in [0.15, 0.2) is 17.5 Å². The summed E-state index contributed by atoms with van der Waals surface area (Å²) in [6, 6.07) is 60.3. The predicted molar refractivity (Wildman–Crippen MR) is 199 cm³/mol. The van der Waals surface area contributed by atoms with Gasteiger partial charge in [0.2, 0.25) is 0 Å². The molecule has 49 heavy (non-hydrogen) atoms. The molecule has 0 bridgehead atoms. The number of hydrogen-bond acceptors (Lipinski definition) is 4. The molecule has 0 aliphatic carbocycles. The highest BCUT2D eigenvalue weighted by molar-refractivity contribution is 6.20. The van der Waals surface area contributed by atoms with Gasteiger partial charge in [0.1, 0.15) is 5.69 Å². The minimum absolute atomic E-state index is 0.606. The van der Waals surface area contributed by atoms with E-state index in [-0.39, 0.29) is 0 Å². The molecule has 5 nitrogen and oxygen atoms in total. The van der Waals surface area contributed by atoms with Gasteiger partial charge in [-0.3, -0.25) is 0 Å². The van der Waals surface area contributed by atoms with Crippen molar-refractivity contribution in [1.82, 2.24) is 24.7 Å². The monoisotopic (exact) mass is 627 g/mol. The van der Waals surface area contributed by atoms with Gasteiger partial charge in [0.05, 0.1) is 11.2 Å². The van der Waals surface area contributed by atoms with Crippen molar-refractivity contribution < 1.29 is 0 Å². The second kappa shape index (κ2) is 12.1. The van der Waals surface area contributed by atoms with Gasteiger partial charge in [-0.1, -0.05) is 158 Å². The third-order valence-corrected chi connectivity index (χ3v) is 8.86. The normalized spacial score (nSPS) is 11.3. The van der Waals surface area contributed by atoms with E-state index in [9.17, 15) is 0 Å². The molecular weight excluding hydrogens is 599 g/mol. The molecule has 0 spiro atoms. The number of rotatable bonds is 6. The van der Waals surface area contributed by atoms with Gasteiger partial charge in [0, 0.05) is 33.0 Å². The fourth-order valence-electron chi connectivity index (χ4n) is 6.60. The minimum atomic E-state index is 0.606. The third-order valence-electron chi connectivity index (χ3n) is 8.86. The summed E-state index contributed by atoms with van der Waals surface area (Å²) in [7, 11) is 0. The zero-order valence-electron chi connectivity index (χ0n) is 26.5. The zero-order valence-corrected chi connectivity index (χ0v) is 26.5. The third kappa shape index (κ3) is 5.14. The van der Waals surface area contributed by atoms with Crippen LogP contribution in [0.1, 0.15) is 0 Å². The molecular formula is C44H29N5. The van der Waals surface area contributed by atoms with Crippen molar-refractivity contribution in [3.8, 4) is 62.2 Å². The molecule has 9 aromatic rings. The van der Waals surface area contributed by atoms with Gasteiger partial charge in [0.25, 0.3) is 0 Å². The molecule has 2 heterocycles. The first-order chi connectivity index (χ1) is 24.3. The summed E-state index contributed by atoms with van der Waals surface area (Å²) in [5, 5.41) is 8.57. The van der Waals surface area contributed by atoms with E-state index in [1.807, 2.05) is 72.8 Å². The van der Waals surface area contributed by atoms with Crippen molar-refractivity contribution >= 4 is 21.7 Å². The summed E-state index contributed by atoms with van der Waals surface area (Å²) in [6.45, 7) is 0. The van der Waals surface area contributed by atoms with Crippen LogP contribution in [0.5, 0.6) is 0 Å². The molecule has 0 saturated heterocycles. The lowest BCUT2D eigenvalue weighted by Gasteiger charge is -2.15. The topological polar surface area (TPSA) is 56.5 Å². The van der Waals surface area contributed by atoms with Crippen LogP contribution < -0.4 is 0 Å². The van der Waals surface area contributed by atoms with Crippen molar-refractivity contribution in [2.75, 3.05) is 0 Å². The molecule has 230 valence electrons. The molecule has 0 N–H and O–H groups in total. The molecule has 0 amide bonds. The number of aromatic nitrogens is 5. The van der Waals surface area contributed by atoms with Gasteiger partial charge in [-0.15, -0.1) is 0 Å². The van der Waals surface area contributed by atoms with Gasteiger partial charge < -0.3 is 0 Å². The van der Waals surface area contributed by atoms with Gasteiger partial charge in [-0.05, 0) is 34.7 Å². The van der Waals surface area contributed by atoms with Crippen molar-refractivity contribution in [3.63, 3.8) is 0 Å². The van der Waals surface area contributed by atoms with Crippen LogP contribution in [-0.4, -0.2) is 24.7 Å². The number of fused-ring (bicyclic) bond motifs is 3. The van der Waals surface area contributed by atoms with Crippen molar-refractivity contribution in [1.29, 1.82) is 0 Å². The lowest BCUT2D eigenvalue weighted by molar-refractivity contribution is 0.918. The molecule has 0 radical (unpaired) electrons. The fraction of sp³-hybridized carbons (Fsp3) is 0. The van der Waals surface area contributed by atoms with Crippen LogP contribution in [0.3, 0.4) is 0 Å². The highest BCUT2D eigenvalue weighted by Crippen LogP contribution is 2.44. The van der Waals surface area contributed by atoms with Crippen LogP contribution >= 0.6 is 0 Å². The van der Waals surface area contributed by atoms with Crippen LogP contribution in [0.4, 0.5) is 0 Å². The second-order valence-corrected chi connectivity index (χ2v) is 11.9. The number of para-hydroxylation sites is 1. The Labute approximate surface area is 283 Å². The van der Waals surface area contributed by atoms with Crippen molar-refractivity contribution in [3.05, 3.63) is 176 Å². The highest BCUT2D eigenvalue weighted by Gasteiger charge is 2.24. The van der Waals surface area contributed by atoms with Crippen LogP contribution in [0.25, 0.3) is 83.9 Å². The Bertz CT molecular complexity index is 2510. The number of hydrogen-bond donors (Lipinski definition) is 0. The Morgan fingerprint density at radius 1 is 0.367 bits per heavy atom. The summed E-state index contributed by atoms with van der Waals surface area (Å²) >= 11 is 0. The molecule has 2 aromatic heterocycles. The molecule has 0 fully saturated rings. The van der Waals surface area contributed by atoms with E-state index in [4.69, 9.17) is 20.1 Å². The summed E-state index contributed by atoms with van der Waals surface area (Å²) in [5.74, 6) is 1.86. The van der Waals surface area contributed by atoms with Gasteiger partial charge >= 0.3 is 0 Å².